The molecule has 0 aliphatic rings. The van der Waals surface area contributed by atoms with Crippen molar-refractivity contribution in [2.75, 3.05) is 12.8 Å². The lowest BCUT2D eigenvalue weighted by Gasteiger charge is -2.15. The highest BCUT2D eigenvalue weighted by molar-refractivity contribution is 7.99. The van der Waals surface area contributed by atoms with Gasteiger partial charge in [0.2, 0.25) is 5.91 Å². The first-order valence-corrected chi connectivity index (χ1v) is 10.9. The predicted octanol–water partition coefficient (Wildman–Crippen LogP) is 4.51. The van der Waals surface area contributed by atoms with Crippen LogP contribution in [0.2, 0.25) is 9.36 Å². The van der Waals surface area contributed by atoms with E-state index < -0.39 is 0 Å². The number of carbonyl (C=O) groups is 1. The van der Waals surface area contributed by atoms with Gasteiger partial charge >= 0.3 is 0 Å². The molecule has 10 heteroatoms. The molecular weight excluding hydrogens is 439 g/mol. The molecule has 1 aromatic carbocycles. The molecule has 2 aromatic heterocycles. The Labute approximate surface area is 181 Å². The zero-order chi connectivity index (χ0) is 20.1. The molecule has 148 valence electrons. The van der Waals surface area contributed by atoms with Gasteiger partial charge in [-0.05, 0) is 24.3 Å². The Kier molecular flexibility index (Phi) is 7.23. The molecule has 0 atom stereocenters. The van der Waals surface area contributed by atoms with E-state index in [1.54, 1.807) is 24.1 Å². The third kappa shape index (κ3) is 5.41. The van der Waals surface area contributed by atoms with E-state index in [4.69, 9.17) is 27.9 Å². The van der Waals surface area contributed by atoms with Crippen LogP contribution in [0.1, 0.15) is 10.7 Å². The summed E-state index contributed by atoms with van der Waals surface area (Å²) in [6.07, 6.45) is 0. The van der Waals surface area contributed by atoms with Gasteiger partial charge in [0.1, 0.15) is 12.4 Å². The van der Waals surface area contributed by atoms with Crippen molar-refractivity contribution in [3.8, 4) is 5.75 Å². The van der Waals surface area contributed by atoms with Crippen molar-refractivity contribution in [3.63, 3.8) is 0 Å². The van der Waals surface area contributed by atoms with Gasteiger partial charge in [-0.15, -0.1) is 21.5 Å². The molecule has 0 fully saturated rings. The van der Waals surface area contributed by atoms with Crippen molar-refractivity contribution in [1.82, 2.24) is 19.7 Å². The molecule has 28 heavy (non-hydrogen) atoms. The van der Waals surface area contributed by atoms with Crippen LogP contribution in [0, 0.1) is 0 Å². The van der Waals surface area contributed by atoms with Crippen LogP contribution in [0.3, 0.4) is 0 Å². The van der Waals surface area contributed by atoms with Crippen LogP contribution in [-0.4, -0.2) is 38.4 Å². The van der Waals surface area contributed by atoms with Crippen LogP contribution >= 0.6 is 46.3 Å². The smallest absolute Gasteiger partial charge is 0.233 e. The summed E-state index contributed by atoms with van der Waals surface area (Å²) in [5.41, 5.74) is 0. The van der Waals surface area contributed by atoms with Gasteiger partial charge < -0.3 is 14.2 Å². The highest BCUT2D eigenvalue weighted by Gasteiger charge is 2.15. The number of thiophene rings is 1. The molecule has 3 aromatic rings. The molecule has 0 N–H and O–H groups in total. The largest absolute Gasteiger partial charge is 0.484 e. The van der Waals surface area contributed by atoms with E-state index in [0.717, 1.165) is 9.21 Å². The highest BCUT2D eigenvalue weighted by atomic mass is 35.5. The van der Waals surface area contributed by atoms with Gasteiger partial charge in [-0.3, -0.25) is 4.79 Å². The molecule has 0 spiro atoms. The third-order valence-corrected chi connectivity index (χ3v) is 6.42. The first-order chi connectivity index (χ1) is 13.4. The summed E-state index contributed by atoms with van der Waals surface area (Å²) in [6.45, 7) is 0.771. The van der Waals surface area contributed by atoms with Crippen LogP contribution in [0.15, 0.2) is 41.6 Å². The van der Waals surface area contributed by atoms with E-state index in [1.807, 2.05) is 35.9 Å². The van der Waals surface area contributed by atoms with E-state index in [0.29, 0.717) is 28.3 Å². The number of halogens is 2. The molecular formula is C18H18Cl2N4O2S2. The second-order valence-corrected chi connectivity index (χ2v) is 9.07. The number of benzene rings is 1. The van der Waals surface area contributed by atoms with Crippen molar-refractivity contribution < 1.29 is 9.53 Å². The maximum atomic E-state index is 12.4. The van der Waals surface area contributed by atoms with E-state index >= 15 is 0 Å². The van der Waals surface area contributed by atoms with Gasteiger partial charge in [-0.1, -0.05) is 47.1 Å². The number of hydrogen-bond donors (Lipinski definition) is 0. The zero-order valence-electron chi connectivity index (χ0n) is 15.3. The van der Waals surface area contributed by atoms with Crippen LogP contribution in [0.4, 0.5) is 0 Å². The third-order valence-electron chi connectivity index (χ3n) is 3.89. The van der Waals surface area contributed by atoms with E-state index in [2.05, 4.69) is 10.2 Å². The minimum absolute atomic E-state index is 0.00592. The van der Waals surface area contributed by atoms with Crippen LogP contribution in [0.25, 0.3) is 0 Å². The number of thioether (sulfide) groups is 1. The first kappa shape index (κ1) is 21.0. The fourth-order valence-electron chi connectivity index (χ4n) is 2.30. The summed E-state index contributed by atoms with van der Waals surface area (Å²) in [7, 11) is 3.62. The van der Waals surface area contributed by atoms with Crippen molar-refractivity contribution in [3.05, 3.63) is 56.5 Å². The Morgan fingerprint density at radius 3 is 2.75 bits per heavy atom. The summed E-state index contributed by atoms with van der Waals surface area (Å²) in [5, 5.41) is 9.48. The number of carbonyl (C=O) groups excluding carboxylic acids is 1. The molecule has 0 saturated carbocycles. The number of ether oxygens (including phenoxy) is 1. The van der Waals surface area contributed by atoms with Crippen LogP contribution < -0.4 is 4.74 Å². The van der Waals surface area contributed by atoms with Crippen molar-refractivity contribution in [2.24, 2.45) is 7.05 Å². The topological polar surface area (TPSA) is 60.3 Å². The number of aromatic nitrogens is 3. The second-order valence-electron chi connectivity index (χ2n) is 5.92. The van der Waals surface area contributed by atoms with Crippen LogP contribution in [-0.2, 0) is 25.0 Å². The molecule has 0 unspecified atom stereocenters. The second kappa shape index (κ2) is 9.65. The zero-order valence-corrected chi connectivity index (χ0v) is 18.4. The number of rotatable bonds is 8. The van der Waals surface area contributed by atoms with E-state index in [-0.39, 0.29) is 18.3 Å². The Balaban J connectivity index is 1.52. The lowest BCUT2D eigenvalue weighted by molar-refractivity contribution is -0.127. The average Bonchev–Trinajstić information content (AvgIpc) is 3.24. The molecule has 0 aliphatic heterocycles. The maximum Gasteiger partial charge on any atom is 0.233 e. The Hall–Kier alpha value is -1.74. The fourth-order valence-corrected chi connectivity index (χ4v) is 4.50. The summed E-state index contributed by atoms with van der Waals surface area (Å²) >= 11 is 14.8. The number of hydrogen-bond acceptors (Lipinski definition) is 6. The number of para-hydroxylation sites is 1. The maximum absolute atomic E-state index is 12.4. The lowest BCUT2D eigenvalue weighted by Crippen LogP contribution is -2.27. The van der Waals surface area contributed by atoms with Gasteiger partial charge in [-0.25, -0.2) is 0 Å². The standard InChI is InChI=1S/C18H18Cl2N4O2S2/c1-23(9-12-7-8-15(20)28-12)17(25)11-27-18-22-21-16(24(18)2)10-26-14-6-4-3-5-13(14)19/h3-8H,9-11H2,1-2H3. The highest BCUT2D eigenvalue weighted by Crippen LogP contribution is 2.25. The predicted molar refractivity (Wildman–Crippen MR) is 113 cm³/mol. The SMILES string of the molecule is CN(Cc1ccc(Cl)s1)C(=O)CSc1nnc(COc2ccccc2Cl)n1C. The first-order valence-electron chi connectivity index (χ1n) is 8.30. The van der Waals surface area contributed by atoms with Gasteiger partial charge in [0.25, 0.3) is 0 Å². The molecule has 2 heterocycles. The van der Waals surface area contributed by atoms with Gasteiger partial charge in [-0.2, -0.15) is 0 Å². The number of amides is 1. The molecule has 0 radical (unpaired) electrons. The Morgan fingerprint density at radius 1 is 1.25 bits per heavy atom. The van der Waals surface area contributed by atoms with E-state index in [9.17, 15) is 4.79 Å². The fraction of sp³-hybridized carbons (Fsp3) is 0.278. The summed E-state index contributed by atoms with van der Waals surface area (Å²) in [4.78, 5) is 15.1. The summed E-state index contributed by atoms with van der Waals surface area (Å²) < 4.78 is 8.23. The summed E-state index contributed by atoms with van der Waals surface area (Å²) in [5.74, 6) is 1.52. The van der Waals surface area contributed by atoms with Gasteiger partial charge in [0, 0.05) is 19.0 Å². The van der Waals surface area contributed by atoms with Crippen molar-refractivity contribution >= 4 is 52.2 Å². The normalized spacial score (nSPS) is 10.9. The van der Waals surface area contributed by atoms with Crippen molar-refractivity contribution in [1.29, 1.82) is 0 Å². The van der Waals surface area contributed by atoms with Gasteiger partial charge in [0.05, 0.1) is 21.7 Å². The lowest BCUT2D eigenvalue weighted by atomic mass is 10.3. The quantitative estimate of drug-likeness (QED) is 0.466. The molecule has 0 saturated heterocycles. The Morgan fingerprint density at radius 2 is 2.04 bits per heavy atom. The van der Waals surface area contributed by atoms with E-state index in [1.165, 1.54) is 23.1 Å². The molecule has 0 bridgehead atoms. The molecule has 1 amide bonds. The van der Waals surface area contributed by atoms with Crippen LogP contribution in [0.5, 0.6) is 5.75 Å². The average molecular weight is 457 g/mol. The molecule has 3 rings (SSSR count). The molecule has 6 nitrogen and oxygen atoms in total. The van der Waals surface area contributed by atoms with Crippen molar-refractivity contribution in [2.45, 2.75) is 18.3 Å². The minimum atomic E-state index is 0.00592. The number of nitrogens with zero attached hydrogens (tertiary/aromatic N) is 4. The monoisotopic (exact) mass is 456 g/mol. The van der Waals surface area contributed by atoms with Gasteiger partial charge in [0.15, 0.2) is 11.0 Å². The molecule has 0 aliphatic carbocycles. The Bertz CT molecular complexity index is 961. The minimum Gasteiger partial charge on any atom is -0.484 e. The summed E-state index contributed by atoms with van der Waals surface area (Å²) in [6, 6.07) is 11.0.